The van der Waals surface area contributed by atoms with Crippen LogP contribution >= 0.6 is 0 Å². The van der Waals surface area contributed by atoms with Crippen LogP contribution in [0.2, 0.25) is 0 Å². The van der Waals surface area contributed by atoms with Gasteiger partial charge in [-0.1, -0.05) is 47.5 Å². The standard InChI is InChI=1S/C21H42O4/c1-10-12-19(6,7)22-24-21(25-23-20(8,9)13-11-2)15-14-18(4,5)17(3)16-21/h17H,10-16H2,1-9H3. The molecule has 1 rings (SSSR count). The third-order valence-corrected chi connectivity index (χ3v) is 5.64. The molecule has 0 aliphatic heterocycles. The highest BCUT2D eigenvalue weighted by Gasteiger charge is 2.48. The van der Waals surface area contributed by atoms with Crippen LogP contribution in [-0.4, -0.2) is 17.0 Å². The molecular formula is C21H42O4. The molecule has 1 fully saturated rings. The molecule has 150 valence electrons. The van der Waals surface area contributed by atoms with Crippen molar-refractivity contribution >= 4 is 0 Å². The largest absolute Gasteiger partial charge is 0.234 e. The molecule has 0 amide bonds. The Morgan fingerprint density at radius 1 is 0.840 bits per heavy atom. The highest BCUT2D eigenvalue weighted by Crippen LogP contribution is 2.47. The van der Waals surface area contributed by atoms with Gasteiger partial charge in [0.05, 0.1) is 11.2 Å². The average Bonchev–Trinajstić information content (AvgIpc) is 2.48. The Morgan fingerprint density at radius 2 is 1.28 bits per heavy atom. The highest BCUT2D eigenvalue weighted by molar-refractivity contribution is 4.88. The van der Waals surface area contributed by atoms with E-state index < -0.39 is 5.79 Å². The second kappa shape index (κ2) is 8.69. The SMILES string of the molecule is CCCC(C)(C)OOC1(OOC(C)(C)CCC)CCC(C)(C)C(C)C1. The summed E-state index contributed by atoms with van der Waals surface area (Å²) in [5, 5.41) is 0. The van der Waals surface area contributed by atoms with Crippen LogP contribution in [0.25, 0.3) is 0 Å². The summed E-state index contributed by atoms with van der Waals surface area (Å²) in [7, 11) is 0. The molecule has 0 spiro atoms. The van der Waals surface area contributed by atoms with E-state index >= 15 is 0 Å². The van der Waals surface area contributed by atoms with Crippen LogP contribution in [0.5, 0.6) is 0 Å². The Bertz CT molecular complexity index is 379. The molecule has 1 unspecified atom stereocenters. The van der Waals surface area contributed by atoms with Crippen molar-refractivity contribution in [1.82, 2.24) is 0 Å². The van der Waals surface area contributed by atoms with Crippen molar-refractivity contribution in [2.24, 2.45) is 11.3 Å². The molecule has 1 aliphatic carbocycles. The number of rotatable bonds is 10. The lowest BCUT2D eigenvalue weighted by atomic mass is 9.68. The van der Waals surface area contributed by atoms with Crippen LogP contribution in [0, 0.1) is 11.3 Å². The first-order valence-corrected chi connectivity index (χ1v) is 10.1. The Hall–Kier alpha value is -0.160. The summed E-state index contributed by atoms with van der Waals surface area (Å²) in [6.07, 6.45) is 6.53. The van der Waals surface area contributed by atoms with Crippen molar-refractivity contribution in [1.29, 1.82) is 0 Å². The van der Waals surface area contributed by atoms with Crippen LogP contribution in [0.1, 0.15) is 107 Å². The molecule has 1 aliphatic rings. The predicted molar refractivity (Wildman–Crippen MR) is 102 cm³/mol. The molecular weight excluding hydrogens is 316 g/mol. The van der Waals surface area contributed by atoms with Crippen molar-refractivity contribution in [3.63, 3.8) is 0 Å². The fourth-order valence-corrected chi connectivity index (χ4v) is 3.43. The van der Waals surface area contributed by atoms with E-state index in [2.05, 4.69) is 62.3 Å². The van der Waals surface area contributed by atoms with E-state index in [1.165, 1.54) is 0 Å². The van der Waals surface area contributed by atoms with Gasteiger partial charge in [0.15, 0.2) is 0 Å². The summed E-state index contributed by atoms with van der Waals surface area (Å²) in [4.78, 5) is 23.7. The molecule has 1 saturated carbocycles. The van der Waals surface area contributed by atoms with Gasteiger partial charge in [0.25, 0.3) is 0 Å². The Kier molecular flexibility index (Phi) is 7.95. The van der Waals surface area contributed by atoms with Crippen LogP contribution in [0.4, 0.5) is 0 Å². The van der Waals surface area contributed by atoms with E-state index in [0.717, 1.165) is 44.9 Å². The van der Waals surface area contributed by atoms with Crippen LogP contribution < -0.4 is 0 Å². The molecule has 4 heteroatoms. The molecule has 0 saturated heterocycles. The minimum absolute atomic E-state index is 0.272. The van der Waals surface area contributed by atoms with Crippen molar-refractivity contribution in [3.8, 4) is 0 Å². The first-order valence-electron chi connectivity index (χ1n) is 10.1. The summed E-state index contributed by atoms with van der Waals surface area (Å²) in [5.74, 6) is -0.373. The lowest BCUT2D eigenvalue weighted by Crippen LogP contribution is -2.48. The van der Waals surface area contributed by atoms with Crippen molar-refractivity contribution in [2.45, 2.75) is 124 Å². The normalized spacial score (nSPS) is 23.6. The monoisotopic (exact) mass is 358 g/mol. The zero-order valence-electron chi connectivity index (χ0n) is 18.2. The van der Waals surface area contributed by atoms with Gasteiger partial charge in [0, 0.05) is 12.8 Å². The topological polar surface area (TPSA) is 36.9 Å². The van der Waals surface area contributed by atoms with Crippen LogP contribution in [0.15, 0.2) is 0 Å². The molecule has 0 bridgehead atoms. The van der Waals surface area contributed by atoms with E-state index in [1.54, 1.807) is 0 Å². The molecule has 0 radical (unpaired) electrons. The molecule has 0 N–H and O–H groups in total. The minimum Gasteiger partial charge on any atom is -0.228 e. The summed E-state index contributed by atoms with van der Waals surface area (Å²) in [6.45, 7) is 19.4. The summed E-state index contributed by atoms with van der Waals surface area (Å²) < 4.78 is 0. The fraction of sp³-hybridized carbons (Fsp3) is 1.00. The zero-order chi connectivity index (χ0) is 19.4. The lowest BCUT2D eigenvalue weighted by molar-refractivity contribution is -0.551. The maximum absolute atomic E-state index is 5.98. The predicted octanol–water partition coefficient (Wildman–Crippen LogP) is 6.58. The molecule has 0 aromatic rings. The maximum atomic E-state index is 5.98. The second-order valence-corrected chi connectivity index (χ2v) is 9.86. The van der Waals surface area contributed by atoms with Gasteiger partial charge in [-0.3, -0.25) is 0 Å². The first-order chi connectivity index (χ1) is 11.4. The van der Waals surface area contributed by atoms with E-state index in [9.17, 15) is 0 Å². The maximum Gasteiger partial charge on any atom is 0.234 e. The summed E-state index contributed by atoms with van der Waals surface area (Å²) >= 11 is 0. The van der Waals surface area contributed by atoms with Gasteiger partial charge in [-0.2, -0.15) is 9.78 Å². The van der Waals surface area contributed by atoms with Gasteiger partial charge in [-0.15, -0.1) is 0 Å². The molecule has 4 nitrogen and oxygen atoms in total. The zero-order valence-corrected chi connectivity index (χ0v) is 18.2. The van der Waals surface area contributed by atoms with E-state index in [-0.39, 0.29) is 16.6 Å². The van der Waals surface area contributed by atoms with Crippen LogP contribution in [-0.2, 0) is 19.6 Å². The van der Waals surface area contributed by atoms with E-state index in [4.69, 9.17) is 19.6 Å². The lowest BCUT2D eigenvalue weighted by Gasteiger charge is -2.46. The van der Waals surface area contributed by atoms with Crippen LogP contribution in [0.3, 0.4) is 0 Å². The smallest absolute Gasteiger partial charge is 0.228 e. The molecule has 0 heterocycles. The average molecular weight is 359 g/mol. The Balaban J connectivity index is 2.84. The van der Waals surface area contributed by atoms with Crippen molar-refractivity contribution in [3.05, 3.63) is 0 Å². The summed E-state index contributed by atoms with van der Waals surface area (Å²) in [5.41, 5.74) is -0.394. The van der Waals surface area contributed by atoms with E-state index in [1.807, 2.05) is 0 Å². The summed E-state index contributed by atoms with van der Waals surface area (Å²) in [6, 6.07) is 0. The van der Waals surface area contributed by atoms with Gasteiger partial charge in [0.2, 0.25) is 5.79 Å². The third kappa shape index (κ3) is 7.16. The molecule has 0 aromatic carbocycles. The van der Waals surface area contributed by atoms with Gasteiger partial charge in [-0.25, -0.2) is 9.78 Å². The highest BCUT2D eigenvalue weighted by atomic mass is 17.3. The van der Waals surface area contributed by atoms with Gasteiger partial charge >= 0.3 is 0 Å². The van der Waals surface area contributed by atoms with Crippen molar-refractivity contribution in [2.75, 3.05) is 0 Å². The molecule has 1 atom stereocenters. The van der Waals surface area contributed by atoms with Gasteiger partial charge in [-0.05, 0) is 58.3 Å². The minimum atomic E-state index is -0.828. The third-order valence-electron chi connectivity index (χ3n) is 5.64. The second-order valence-electron chi connectivity index (χ2n) is 9.86. The fourth-order valence-electron chi connectivity index (χ4n) is 3.43. The van der Waals surface area contributed by atoms with Crippen molar-refractivity contribution < 1.29 is 19.6 Å². The number of hydrogen-bond donors (Lipinski definition) is 0. The molecule has 0 aromatic heterocycles. The van der Waals surface area contributed by atoms with E-state index in [0.29, 0.717) is 5.92 Å². The number of hydrogen-bond acceptors (Lipinski definition) is 4. The Labute approximate surface area is 155 Å². The molecule has 25 heavy (non-hydrogen) atoms. The van der Waals surface area contributed by atoms with Gasteiger partial charge in [0.1, 0.15) is 0 Å². The quantitative estimate of drug-likeness (QED) is 0.251. The van der Waals surface area contributed by atoms with Gasteiger partial charge < -0.3 is 0 Å². The first kappa shape index (κ1) is 22.9. The Morgan fingerprint density at radius 3 is 1.64 bits per heavy atom.